The SMILES string of the molecule is CCOC(=O)c1sc(N2N=C(C)C(=Cc3ccc(OC)c(C)c3)C2=O)nc1C. The first-order valence-electron chi connectivity index (χ1n) is 8.76. The van der Waals surface area contributed by atoms with E-state index in [1.54, 1.807) is 34.0 Å². The number of hydrogen-bond acceptors (Lipinski definition) is 7. The average Bonchev–Trinajstić information content (AvgIpc) is 3.17. The molecule has 0 saturated heterocycles. The Morgan fingerprint density at radius 1 is 1.29 bits per heavy atom. The lowest BCUT2D eigenvalue weighted by Gasteiger charge is -2.07. The Hall–Kier alpha value is -3.00. The molecule has 2 heterocycles. The quantitative estimate of drug-likeness (QED) is 0.565. The minimum absolute atomic E-state index is 0.277. The van der Waals surface area contributed by atoms with E-state index in [-0.39, 0.29) is 12.5 Å². The van der Waals surface area contributed by atoms with Crippen LogP contribution in [0.2, 0.25) is 0 Å². The molecule has 0 fully saturated rings. The normalized spacial score (nSPS) is 15.2. The summed E-state index contributed by atoms with van der Waals surface area (Å²) >= 11 is 1.09. The molecule has 0 radical (unpaired) electrons. The third-order valence-corrected chi connectivity index (χ3v) is 5.33. The number of methoxy groups -OCH3 is 1. The van der Waals surface area contributed by atoms with Gasteiger partial charge in [-0.15, -0.1) is 0 Å². The molecule has 2 aromatic rings. The lowest BCUT2D eigenvalue weighted by Crippen LogP contribution is -2.21. The van der Waals surface area contributed by atoms with Gasteiger partial charge in [0.15, 0.2) is 0 Å². The molecule has 0 bridgehead atoms. The van der Waals surface area contributed by atoms with Crippen LogP contribution in [-0.2, 0) is 9.53 Å². The van der Waals surface area contributed by atoms with Crippen LogP contribution < -0.4 is 9.75 Å². The average molecular weight is 399 g/mol. The number of aromatic nitrogens is 1. The molecule has 1 aliphatic heterocycles. The molecule has 3 rings (SSSR count). The van der Waals surface area contributed by atoms with Crippen molar-refractivity contribution in [1.82, 2.24) is 4.98 Å². The van der Waals surface area contributed by atoms with Gasteiger partial charge in [-0.25, -0.2) is 9.78 Å². The number of amides is 1. The maximum absolute atomic E-state index is 12.9. The molecular formula is C20H21N3O4S. The number of esters is 1. The van der Waals surface area contributed by atoms with Crippen LogP contribution in [-0.4, -0.2) is 36.3 Å². The van der Waals surface area contributed by atoms with Gasteiger partial charge in [0, 0.05) is 0 Å². The van der Waals surface area contributed by atoms with Crippen molar-refractivity contribution in [2.45, 2.75) is 27.7 Å². The second-order valence-electron chi connectivity index (χ2n) is 6.22. The van der Waals surface area contributed by atoms with E-state index in [0.717, 1.165) is 28.2 Å². The Kier molecular flexibility index (Phi) is 5.60. The molecule has 0 saturated carbocycles. The highest BCUT2D eigenvalue weighted by molar-refractivity contribution is 7.17. The van der Waals surface area contributed by atoms with E-state index in [0.29, 0.717) is 27.0 Å². The van der Waals surface area contributed by atoms with Crippen molar-refractivity contribution in [3.8, 4) is 5.75 Å². The summed E-state index contributed by atoms with van der Waals surface area (Å²) in [4.78, 5) is 29.6. The first-order valence-corrected chi connectivity index (χ1v) is 9.58. The highest BCUT2D eigenvalue weighted by atomic mass is 32.1. The monoisotopic (exact) mass is 399 g/mol. The molecule has 0 spiro atoms. The molecule has 7 nitrogen and oxygen atoms in total. The number of rotatable bonds is 5. The van der Waals surface area contributed by atoms with Gasteiger partial charge < -0.3 is 9.47 Å². The molecule has 0 N–H and O–H groups in total. The topological polar surface area (TPSA) is 81.1 Å². The molecule has 1 aromatic carbocycles. The number of aryl methyl sites for hydroxylation is 2. The predicted molar refractivity (Wildman–Crippen MR) is 109 cm³/mol. The Balaban J connectivity index is 1.90. The van der Waals surface area contributed by atoms with E-state index >= 15 is 0 Å². The fraction of sp³-hybridized carbons (Fsp3) is 0.300. The largest absolute Gasteiger partial charge is 0.496 e. The lowest BCUT2D eigenvalue weighted by atomic mass is 10.1. The summed E-state index contributed by atoms with van der Waals surface area (Å²) in [6, 6.07) is 5.69. The molecule has 1 amide bonds. The van der Waals surface area contributed by atoms with Crippen molar-refractivity contribution in [3.63, 3.8) is 0 Å². The van der Waals surface area contributed by atoms with E-state index in [2.05, 4.69) is 10.1 Å². The van der Waals surface area contributed by atoms with E-state index in [1.807, 2.05) is 25.1 Å². The summed E-state index contributed by atoms with van der Waals surface area (Å²) in [5.41, 5.74) is 3.44. The van der Waals surface area contributed by atoms with Crippen molar-refractivity contribution < 1.29 is 19.1 Å². The van der Waals surface area contributed by atoms with Crippen LogP contribution in [0.1, 0.15) is 40.3 Å². The van der Waals surface area contributed by atoms with E-state index < -0.39 is 5.97 Å². The Morgan fingerprint density at radius 3 is 2.68 bits per heavy atom. The summed E-state index contributed by atoms with van der Waals surface area (Å²) in [6.07, 6.45) is 1.79. The number of carbonyl (C=O) groups is 2. The predicted octanol–water partition coefficient (Wildman–Crippen LogP) is 3.75. The van der Waals surface area contributed by atoms with Crippen molar-refractivity contribution in [3.05, 3.63) is 45.5 Å². The number of hydrazone groups is 1. The number of carbonyl (C=O) groups excluding carboxylic acids is 2. The molecule has 146 valence electrons. The van der Waals surface area contributed by atoms with Crippen LogP contribution in [0.25, 0.3) is 6.08 Å². The van der Waals surface area contributed by atoms with Crippen molar-refractivity contribution in [2.24, 2.45) is 5.10 Å². The van der Waals surface area contributed by atoms with Gasteiger partial charge in [0.05, 0.1) is 30.7 Å². The van der Waals surface area contributed by atoms with Gasteiger partial charge in [-0.1, -0.05) is 17.4 Å². The van der Waals surface area contributed by atoms with Crippen LogP contribution >= 0.6 is 11.3 Å². The number of anilines is 1. The second kappa shape index (κ2) is 7.93. The third-order valence-electron chi connectivity index (χ3n) is 4.22. The fourth-order valence-corrected chi connectivity index (χ4v) is 3.74. The first-order chi connectivity index (χ1) is 13.3. The van der Waals surface area contributed by atoms with Gasteiger partial charge in [-0.2, -0.15) is 10.1 Å². The molecule has 0 unspecified atom stereocenters. The first kappa shape index (κ1) is 19.8. The third kappa shape index (κ3) is 3.68. The Bertz CT molecular complexity index is 1010. The van der Waals surface area contributed by atoms with Gasteiger partial charge in [-0.3, -0.25) is 4.79 Å². The van der Waals surface area contributed by atoms with Crippen LogP contribution in [0.4, 0.5) is 5.13 Å². The van der Waals surface area contributed by atoms with Crippen molar-refractivity contribution >= 4 is 40.1 Å². The minimum Gasteiger partial charge on any atom is -0.496 e. The molecule has 1 aromatic heterocycles. The summed E-state index contributed by atoms with van der Waals surface area (Å²) in [5, 5.41) is 5.92. The highest BCUT2D eigenvalue weighted by Gasteiger charge is 2.32. The maximum atomic E-state index is 12.9. The Morgan fingerprint density at radius 2 is 2.04 bits per heavy atom. The zero-order valence-corrected chi connectivity index (χ0v) is 17.2. The van der Waals surface area contributed by atoms with Gasteiger partial charge in [0.2, 0.25) is 5.13 Å². The van der Waals surface area contributed by atoms with Crippen LogP contribution in [0, 0.1) is 13.8 Å². The number of benzene rings is 1. The zero-order valence-electron chi connectivity index (χ0n) is 16.4. The summed E-state index contributed by atoms with van der Waals surface area (Å²) < 4.78 is 10.3. The van der Waals surface area contributed by atoms with Crippen LogP contribution in [0.3, 0.4) is 0 Å². The number of hydrogen-bond donors (Lipinski definition) is 0. The van der Waals surface area contributed by atoms with Gasteiger partial charge in [-0.05, 0) is 57.0 Å². The molecule has 28 heavy (non-hydrogen) atoms. The van der Waals surface area contributed by atoms with E-state index in [4.69, 9.17) is 9.47 Å². The Labute approximate surface area is 167 Å². The molecule has 0 aliphatic carbocycles. The summed E-state index contributed by atoms with van der Waals surface area (Å²) in [7, 11) is 1.62. The standard InChI is InChI=1S/C20H21N3O4S/c1-6-27-19(25)17-13(4)21-20(28-17)23-18(24)15(12(3)22-23)10-14-7-8-16(26-5)11(2)9-14/h7-10H,6H2,1-5H3. The lowest BCUT2D eigenvalue weighted by molar-refractivity contribution is -0.114. The second-order valence-corrected chi connectivity index (χ2v) is 7.20. The zero-order chi connectivity index (χ0) is 20.4. The van der Waals surface area contributed by atoms with Crippen molar-refractivity contribution in [1.29, 1.82) is 0 Å². The molecular weight excluding hydrogens is 378 g/mol. The number of thiazole rings is 1. The highest BCUT2D eigenvalue weighted by Crippen LogP contribution is 2.31. The molecule has 0 atom stereocenters. The van der Waals surface area contributed by atoms with Gasteiger partial charge >= 0.3 is 5.97 Å². The number of ether oxygens (including phenoxy) is 2. The van der Waals surface area contributed by atoms with Crippen LogP contribution in [0.15, 0.2) is 28.9 Å². The fourth-order valence-electron chi connectivity index (χ4n) is 2.83. The maximum Gasteiger partial charge on any atom is 0.350 e. The minimum atomic E-state index is -0.444. The summed E-state index contributed by atoms with van der Waals surface area (Å²) in [6.45, 7) is 7.44. The smallest absolute Gasteiger partial charge is 0.350 e. The molecule has 1 aliphatic rings. The van der Waals surface area contributed by atoms with Gasteiger partial charge in [0.25, 0.3) is 5.91 Å². The van der Waals surface area contributed by atoms with Gasteiger partial charge in [0.1, 0.15) is 10.6 Å². The summed E-state index contributed by atoms with van der Waals surface area (Å²) in [5.74, 6) is 0.0624. The van der Waals surface area contributed by atoms with E-state index in [1.165, 1.54) is 5.01 Å². The molecule has 8 heteroatoms. The number of nitrogens with zero attached hydrogens (tertiary/aromatic N) is 3. The van der Waals surface area contributed by atoms with E-state index in [9.17, 15) is 9.59 Å². The van der Waals surface area contributed by atoms with Crippen molar-refractivity contribution in [2.75, 3.05) is 18.7 Å². The van der Waals surface area contributed by atoms with Crippen LogP contribution in [0.5, 0.6) is 5.75 Å².